The molecule has 0 unspecified atom stereocenters. The van der Waals surface area contributed by atoms with Gasteiger partial charge in [-0.25, -0.2) is 0 Å². The number of methoxy groups -OCH3 is 1. The third-order valence-electron chi connectivity index (χ3n) is 1.97. The number of hydrogen-bond acceptors (Lipinski definition) is 4. The first kappa shape index (κ1) is 14.6. The largest absolute Gasteiger partial charge is 0.501 e. The molecular weight excluding hydrogens is 208 g/mol. The number of rotatable bonds is 11. The second kappa shape index (κ2) is 8.85. The van der Waals surface area contributed by atoms with Gasteiger partial charge in [-0.3, -0.25) is 0 Å². The maximum Gasteiger partial charge on any atom is 0.102 e. The fraction of sp³-hybridized carbons (Fsp3) is 0.500. The highest BCUT2D eigenvalue weighted by molar-refractivity contribution is 4.81. The van der Waals surface area contributed by atoms with Gasteiger partial charge in [0.25, 0.3) is 0 Å². The molecule has 4 nitrogen and oxygen atoms in total. The number of ether oxygens (including phenoxy) is 4. The van der Waals surface area contributed by atoms with Gasteiger partial charge in [-0.15, -0.1) is 0 Å². The van der Waals surface area contributed by atoms with Crippen molar-refractivity contribution in [1.29, 1.82) is 0 Å². The second-order valence-electron chi connectivity index (χ2n) is 3.37. The molecular formula is C12H20O4. The molecule has 0 spiro atoms. The lowest BCUT2D eigenvalue weighted by molar-refractivity contribution is -0.0551. The maximum atomic E-state index is 5.20. The zero-order valence-electron chi connectivity index (χ0n) is 9.81. The van der Waals surface area contributed by atoms with Crippen LogP contribution < -0.4 is 0 Å². The molecule has 0 aromatic rings. The molecule has 0 amide bonds. The van der Waals surface area contributed by atoms with Crippen LogP contribution >= 0.6 is 0 Å². The lowest BCUT2D eigenvalue weighted by Gasteiger charge is -2.30. The molecule has 4 heteroatoms. The SMILES string of the molecule is C=COCC(COC)(COC=C)COC=C. The van der Waals surface area contributed by atoms with Gasteiger partial charge in [-0.05, 0) is 0 Å². The molecule has 0 aliphatic rings. The van der Waals surface area contributed by atoms with Crippen LogP contribution in [0.4, 0.5) is 0 Å². The van der Waals surface area contributed by atoms with Crippen LogP contribution in [0.2, 0.25) is 0 Å². The minimum absolute atomic E-state index is 0.395. The topological polar surface area (TPSA) is 36.9 Å². The van der Waals surface area contributed by atoms with Crippen LogP contribution in [-0.4, -0.2) is 33.5 Å². The molecule has 0 saturated carbocycles. The van der Waals surface area contributed by atoms with Crippen molar-refractivity contribution in [2.24, 2.45) is 5.41 Å². The Morgan fingerprint density at radius 2 is 1.19 bits per heavy atom. The van der Waals surface area contributed by atoms with Crippen LogP contribution in [0.25, 0.3) is 0 Å². The van der Waals surface area contributed by atoms with Crippen molar-refractivity contribution in [1.82, 2.24) is 0 Å². The third-order valence-corrected chi connectivity index (χ3v) is 1.97. The summed E-state index contributed by atoms with van der Waals surface area (Å²) in [7, 11) is 1.62. The van der Waals surface area contributed by atoms with E-state index in [4.69, 9.17) is 18.9 Å². The first-order chi connectivity index (χ1) is 7.74. The van der Waals surface area contributed by atoms with E-state index in [9.17, 15) is 0 Å². The minimum Gasteiger partial charge on any atom is -0.501 e. The maximum absolute atomic E-state index is 5.20. The van der Waals surface area contributed by atoms with Crippen molar-refractivity contribution >= 4 is 0 Å². The Hall–Kier alpha value is -1.42. The van der Waals surface area contributed by atoms with E-state index >= 15 is 0 Å². The zero-order chi connectivity index (χ0) is 12.3. The Balaban J connectivity index is 4.48. The Kier molecular flexibility index (Phi) is 8.07. The average molecular weight is 228 g/mol. The van der Waals surface area contributed by atoms with Crippen molar-refractivity contribution in [3.8, 4) is 0 Å². The first-order valence-electron chi connectivity index (χ1n) is 4.91. The Bertz CT molecular complexity index is 182. The predicted molar refractivity (Wildman–Crippen MR) is 62.8 cm³/mol. The highest BCUT2D eigenvalue weighted by Gasteiger charge is 2.33. The number of hydrogen-bond donors (Lipinski definition) is 0. The van der Waals surface area contributed by atoms with Gasteiger partial charge in [0.2, 0.25) is 0 Å². The molecule has 0 aromatic heterocycles. The molecule has 0 bridgehead atoms. The highest BCUT2D eigenvalue weighted by atomic mass is 16.5. The molecule has 16 heavy (non-hydrogen) atoms. The van der Waals surface area contributed by atoms with Gasteiger partial charge in [0, 0.05) is 7.11 Å². The van der Waals surface area contributed by atoms with Gasteiger partial charge in [-0.1, -0.05) is 19.7 Å². The molecule has 0 saturated heterocycles. The summed E-state index contributed by atoms with van der Waals surface area (Å²) in [5, 5.41) is 0. The van der Waals surface area contributed by atoms with E-state index in [0.29, 0.717) is 26.4 Å². The molecule has 0 atom stereocenters. The summed E-state index contributed by atoms with van der Waals surface area (Å²) < 4.78 is 20.8. The summed E-state index contributed by atoms with van der Waals surface area (Å²) in [4.78, 5) is 0. The van der Waals surface area contributed by atoms with Gasteiger partial charge < -0.3 is 18.9 Å². The molecule has 0 heterocycles. The summed E-state index contributed by atoms with van der Waals surface area (Å²) in [5.74, 6) is 0. The molecule has 0 rings (SSSR count). The predicted octanol–water partition coefficient (Wildman–Crippen LogP) is 2.10. The minimum atomic E-state index is -0.398. The lowest BCUT2D eigenvalue weighted by Crippen LogP contribution is -2.40. The Morgan fingerprint density at radius 1 is 0.812 bits per heavy atom. The van der Waals surface area contributed by atoms with Crippen LogP contribution in [0, 0.1) is 5.41 Å². The lowest BCUT2D eigenvalue weighted by atomic mass is 9.92. The molecule has 0 aliphatic heterocycles. The smallest absolute Gasteiger partial charge is 0.102 e. The fourth-order valence-electron chi connectivity index (χ4n) is 1.26. The standard InChI is InChI=1S/C12H20O4/c1-5-14-9-12(8-13-4,10-15-6-2)11-16-7-3/h5-7H,1-3,8-11H2,4H3. The molecule has 0 aliphatic carbocycles. The summed E-state index contributed by atoms with van der Waals surface area (Å²) in [6, 6.07) is 0. The summed E-state index contributed by atoms with van der Waals surface area (Å²) in [6.45, 7) is 12.1. The molecule has 92 valence electrons. The van der Waals surface area contributed by atoms with E-state index < -0.39 is 5.41 Å². The first-order valence-corrected chi connectivity index (χ1v) is 4.91. The van der Waals surface area contributed by atoms with Crippen molar-refractivity contribution in [3.05, 3.63) is 38.5 Å². The monoisotopic (exact) mass is 228 g/mol. The van der Waals surface area contributed by atoms with Gasteiger partial charge in [0.05, 0.1) is 30.8 Å². The summed E-state index contributed by atoms with van der Waals surface area (Å²) >= 11 is 0. The normalized spacial score (nSPS) is 10.3. The van der Waals surface area contributed by atoms with E-state index in [1.54, 1.807) is 7.11 Å². The van der Waals surface area contributed by atoms with Crippen molar-refractivity contribution in [2.45, 2.75) is 0 Å². The van der Waals surface area contributed by atoms with Gasteiger partial charge in [0.1, 0.15) is 19.8 Å². The average Bonchev–Trinajstić information content (AvgIpc) is 2.31. The van der Waals surface area contributed by atoms with Crippen LogP contribution in [0.15, 0.2) is 38.5 Å². The van der Waals surface area contributed by atoms with Crippen LogP contribution in [0.1, 0.15) is 0 Å². The molecule has 0 radical (unpaired) electrons. The van der Waals surface area contributed by atoms with Gasteiger partial charge in [-0.2, -0.15) is 0 Å². The fourth-order valence-corrected chi connectivity index (χ4v) is 1.26. The van der Waals surface area contributed by atoms with Crippen LogP contribution in [-0.2, 0) is 18.9 Å². The van der Waals surface area contributed by atoms with E-state index in [0.717, 1.165) is 0 Å². The Labute approximate surface area is 97.1 Å². The van der Waals surface area contributed by atoms with E-state index in [-0.39, 0.29) is 0 Å². The third kappa shape index (κ3) is 5.46. The summed E-state index contributed by atoms with van der Waals surface area (Å²) in [6.07, 6.45) is 4.14. The van der Waals surface area contributed by atoms with E-state index in [1.165, 1.54) is 18.8 Å². The molecule has 0 fully saturated rings. The van der Waals surface area contributed by atoms with Crippen LogP contribution in [0.5, 0.6) is 0 Å². The van der Waals surface area contributed by atoms with Gasteiger partial charge >= 0.3 is 0 Å². The van der Waals surface area contributed by atoms with Crippen molar-refractivity contribution in [3.63, 3.8) is 0 Å². The van der Waals surface area contributed by atoms with Crippen molar-refractivity contribution in [2.75, 3.05) is 33.5 Å². The second-order valence-corrected chi connectivity index (χ2v) is 3.37. The van der Waals surface area contributed by atoms with Crippen molar-refractivity contribution < 1.29 is 18.9 Å². The van der Waals surface area contributed by atoms with E-state index in [2.05, 4.69) is 19.7 Å². The zero-order valence-corrected chi connectivity index (χ0v) is 9.81. The summed E-state index contributed by atoms with van der Waals surface area (Å²) in [5.41, 5.74) is -0.398. The molecule has 0 aromatic carbocycles. The molecule has 0 N–H and O–H groups in total. The van der Waals surface area contributed by atoms with E-state index in [1.807, 2.05) is 0 Å². The van der Waals surface area contributed by atoms with Gasteiger partial charge in [0.15, 0.2) is 0 Å². The Morgan fingerprint density at radius 3 is 1.44 bits per heavy atom. The quantitative estimate of drug-likeness (QED) is 0.507. The van der Waals surface area contributed by atoms with Crippen LogP contribution in [0.3, 0.4) is 0 Å². The highest BCUT2D eigenvalue weighted by Crippen LogP contribution is 2.20.